The monoisotopic (exact) mass is 291 g/mol. The molecular formula is C15H21N3O3. The molecule has 0 spiro atoms. The minimum atomic E-state index is -0.748. The lowest BCUT2D eigenvalue weighted by molar-refractivity contribution is -0.130. The summed E-state index contributed by atoms with van der Waals surface area (Å²) < 4.78 is 0. The number of amides is 2. The molecule has 0 radical (unpaired) electrons. The largest absolute Gasteiger partial charge is 0.344 e. The molecule has 114 valence electrons. The number of hydrogen-bond acceptors (Lipinski definition) is 4. The van der Waals surface area contributed by atoms with Crippen LogP contribution in [0.2, 0.25) is 0 Å². The van der Waals surface area contributed by atoms with Crippen LogP contribution >= 0.6 is 0 Å². The zero-order valence-corrected chi connectivity index (χ0v) is 12.2. The van der Waals surface area contributed by atoms with Crippen molar-refractivity contribution in [3.63, 3.8) is 0 Å². The van der Waals surface area contributed by atoms with E-state index in [2.05, 4.69) is 10.6 Å². The van der Waals surface area contributed by atoms with Crippen molar-refractivity contribution in [2.45, 2.75) is 38.4 Å². The fourth-order valence-electron chi connectivity index (χ4n) is 1.72. The molecule has 21 heavy (non-hydrogen) atoms. The maximum atomic E-state index is 11.9. The molecule has 0 bridgehead atoms. The summed E-state index contributed by atoms with van der Waals surface area (Å²) >= 11 is 0. The molecule has 0 heterocycles. The van der Waals surface area contributed by atoms with Crippen LogP contribution in [0.5, 0.6) is 0 Å². The van der Waals surface area contributed by atoms with Gasteiger partial charge in [-0.1, -0.05) is 30.3 Å². The highest BCUT2D eigenvalue weighted by Crippen LogP contribution is 2.02. The van der Waals surface area contributed by atoms with Crippen LogP contribution in [0.1, 0.15) is 19.4 Å². The molecular weight excluding hydrogens is 270 g/mol. The van der Waals surface area contributed by atoms with Gasteiger partial charge in [0.05, 0.1) is 12.1 Å². The highest BCUT2D eigenvalue weighted by atomic mass is 16.2. The summed E-state index contributed by atoms with van der Waals surface area (Å²) in [5.41, 5.74) is 6.36. The third-order valence-electron chi connectivity index (χ3n) is 2.96. The van der Waals surface area contributed by atoms with Gasteiger partial charge in [-0.3, -0.25) is 9.59 Å². The molecule has 0 saturated heterocycles. The summed E-state index contributed by atoms with van der Waals surface area (Å²) in [4.78, 5) is 34.4. The normalized spacial score (nSPS) is 14.6. The van der Waals surface area contributed by atoms with E-state index in [1.165, 1.54) is 6.92 Å². The van der Waals surface area contributed by atoms with Crippen LogP contribution in [0, 0.1) is 0 Å². The Morgan fingerprint density at radius 1 is 1.14 bits per heavy atom. The standard InChI is InChI=1S/C15H21N3O3/c1-10(16)14(20)17-11(2)15(21)18-13(9-19)8-12-6-4-3-5-7-12/h3-7,9-11,13H,8,16H2,1-2H3,(H,17,20)(H,18,21)/t10-,11-,13-/m0/s1. The topological polar surface area (TPSA) is 101 Å². The molecule has 3 atom stereocenters. The summed E-state index contributed by atoms with van der Waals surface area (Å²) in [6.45, 7) is 3.07. The van der Waals surface area contributed by atoms with E-state index in [-0.39, 0.29) is 0 Å². The molecule has 1 rings (SSSR count). The van der Waals surface area contributed by atoms with Crippen molar-refractivity contribution < 1.29 is 14.4 Å². The molecule has 6 heteroatoms. The Morgan fingerprint density at radius 2 is 1.76 bits per heavy atom. The van der Waals surface area contributed by atoms with Crippen LogP contribution in [-0.2, 0) is 20.8 Å². The minimum absolute atomic E-state index is 0.407. The van der Waals surface area contributed by atoms with Crippen molar-refractivity contribution in [2.24, 2.45) is 5.73 Å². The first-order chi connectivity index (χ1) is 9.93. The number of aldehydes is 1. The Bertz CT molecular complexity index is 488. The number of nitrogens with two attached hydrogens (primary N) is 1. The lowest BCUT2D eigenvalue weighted by Crippen LogP contribution is -2.52. The summed E-state index contributed by atoms with van der Waals surface area (Å²) in [7, 11) is 0. The Labute approximate surface area is 124 Å². The van der Waals surface area contributed by atoms with E-state index >= 15 is 0 Å². The van der Waals surface area contributed by atoms with Gasteiger partial charge in [-0.2, -0.15) is 0 Å². The molecule has 1 aromatic carbocycles. The van der Waals surface area contributed by atoms with Gasteiger partial charge in [-0.25, -0.2) is 0 Å². The highest BCUT2D eigenvalue weighted by molar-refractivity contribution is 5.90. The van der Waals surface area contributed by atoms with E-state index in [4.69, 9.17) is 5.73 Å². The molecule has 0 unspecified atom stereocenters. The van der Waals surface area contributed by atoms with Gasteiger partial charge in [0.15, 0.2) is 0 Å². The van der Waals surface area contributed by atoms with Crippen LogP contribution in [0.3, 0.4) is 0 Å². The summed E-state index contributed by atoms with van der Waals surface area (Å²) in [5.74, 6) is -0.833. The number of carbonyl (C=O) groups excluding carboxylic acids is 3. The Kier molecular flexibility index (Phi) is 6.55. The Balaban J connectivity index is 2.54. The Hall–Kier alpha value is -2.21. The molecule has 6 nitrogen and oxygen atoms in total. The van der Waals surface area contributed by atoms with E-state index in [0.717, 1.165) is 5.56 Å². The van der Waals surface area contributed by atoms with Gasteiger partial charge in [0.1, 0.15) is 12.3 Å². The molecule has 0 fully saturated rings. The first-order valence-electron chi connectivity index (χ1n) is 6.79. The van der Waals surface area contributed by atoms with Crippen molar-refractivity contribution >= 4 is 18.1 Å². The van der Waals surface area contributed by atoms with Crippen molar-refractivity contribution in [3.8, 4) is 0 Å². The van der Waals surface area contributed by atoms with Crippen LogP contribution < -0.4 is 16.4 Å². The fraction of sp³-hybridized carbons (Fsp3) is 0.400. The number of rotatable bonds is 7. The average molecular weight is 291 g/mol. The molecule has 1 aromatic rings. The molecule has 0 aliphatic rings. The SMILES string of the molecule is C[C@H](N)C(=O)N[C@@H](C)C(=O)N[C@H](C=O)Cc1ccccc1. The van der Waals surface area contributed by atoms with E-state index < -0.39 is 29.9 Å². The van der Waals surface area contributed by atoms with E-state index in [1.54, 1.807) is 6.92 Å². The second kappa shape index (κ2) is 8.16. The van der Waals surface area contributed by atoms with Gasteiger partial charge in [0, 0.05) is 0 Å². The van der Waals surface area contributed by atoms with Crippen molar-refractivity contribution in [1.29, 1.82) is 0 Å². The highest BCUT2D eigenvalue weighted by Gasteiger charge is 2.20. The number of hydrogen-bond donors (Lipinski definition) is 3. The second-order valence-corrected chi connectivity index (χ2v) is 4.96. The van der Waals surface area contributed by atoms with E-state index in [9.17, 15) is 14.4 Å². The number of carbonyl (C=O) groups is 3. The van der Waals surface area contributed by atoms with Gasteiger partial charge in [-0.05, 0) is 25.8 Å². The lowest BCUT2D eigenvalue weighted by atomic mass is 10.1. The van der Waals surface area contributed by atoms with Crippen LogP contribution in [-0.4, -0.2) is 36.2 Å². The molecule has 0 aromatic heterocycles. The van der Waals surface area contributed by atoms with Gasteiger partial charge in [0.2, 0.25) is 11.8 Å². The number of benzene rings is 1. The molecule has 4 N–H and O–H groups in total. The molecule has 2 amide bonds. The zero-order valence-electron chi connectivity index (χ0n) is 12.2. The summed E-state index contributed by atoms with van der Waals surface area (Å²) in [6.07, 6.45) is 1.09. The van der Waals surface area contributed by atoms with Crippen molar-refractivity contribution in [2.75, 3.05) is 0 Å². The quantitative estimate of drug-likeness (QED) is 0.604. The van der Waals surface area contributed by atoms with Crippen LogP contribution in [0.25, 0.3) is 0 Å². The Morgan fingerprint density at radius 3 is 2.29 bits per heavy atom. The maximum absolute atomic E-state index is 11.9. The van der Waals surface area contributed by atoms with Gasteiger partial charge in [0.25, 0.3) is 0 Å². The van der Waals surface area contributed by atoms with Crippen molar-refractivity contribution in [3.05, 3.63) is 35.9 Å². The summed E-state index contributed by atoms with van der Waals surface area (Å²) in [6, 6.07) is 7.30. The molecule has 0 aliphatic heterocycles. The lowest BCUT2D eigenvalue weighted by Gasteiger charge is -2.18. The minimum Gasteiger partial charge on any atom is -0.344 e. The zero-order chi connectivity index (χ0) is 15.8. The smallest absolute Gasteiger partial charge is 0.242 e. The van der Waals surface area contributed by atoms with Crippen molar-refractivity contribution in [1.82, 2.24) is 10.6 Å². The van der Waals surface area contributed by atoms with Gasteiger partial charge in [-0.15, -0.1) is 0 Å². The molecule has 0 aliphatic carbocycles. The third kappa shape index (κ3) is 5.74. The van der Waals surface area contributed by atoms with Crippen LogP contribution in [0.4, 0.5) is 0 Å². The molecule has 0 saturated carbocycles. The first-order valence-corrected chi connectivity index (χ1v) is 6.79. The second-order valence-electron chi connectivity index (χ2n) is 4.96. The predicted octanol–water partition coefficient (Wildman–Crippen LogP) is -0.235. The maximum Gasteiger partial charge on any atom is 0.242 e. The first kappa shape index (κ1) is 16.8. The summed E-state index contributed by atoms with van der Waals surface area (Å²) in [5, 5.41) is 5.08. The van der Waals surface area contributed by atoms with E-state index in [1.807, 2.05) is 30.3 Å². The third-order valence-corrected chi connectivity index (χ3v) is 2.96. The average Bonchev–Trinajstić information content (AvgIpc) is 2.47. The van der Waals surface area contributed by atoms with Gasteiger partial charge >= 0.3 is 0 Å². The predicted molar refractivity (Wildman–Crippen MR) is 79.4 cm³/mol. The number of nitrogens with one attached hydrogen (secondary N) is 2. The fourth-order valence-corrected chi connectivity index (χ4v) is 1.72. The van der Waals surface area contributed by atoms with E-state index in [0.29, 0.717) is 12.7 Å². The van der Waals surface area contributed by atoms with Gasteiger partial charge < -0.3 is 21.2 Å². The van der Waals surface area contributed by atoms with Crippen LogP contribution in [0.15, 0.2) is 30.3 Å².